The topological polar surface area (TPSA) is 48.1 Å². The second-order valence-corrected chi connectivity index (χ2v) is 7.74. The molecule has 0 aliphatic carbocycles. The third-order valence-electron chi connectivity index (χ3n) is 3.97. The molecule has 0 aliphatic rings. The number of aromatic amines is 1. The average molecular weight is 341 g/mol. The van der Waals surface area contributed by atoms with Gasteiger partial charge in [0.1, 0.15) is 5.69 Å². The van der Waals surface area contributed by atoms with E-state index in [9.17, 15) is 4.79 Å². The minimum atomic E-state index is -0.0477. The number of benzene rings is 1. The van der Waals surface area contributed by atoms with Crippen molar-refractivity contribution < 1.29 is 4.79 Å². The number of H-pyrrole nitrogens is 1. The van der Waals surface area contributed by atoms with E-state index in [-0.39, 0.29) is 5.91 Å². The molecule has 0 spiro atoms. The van der Waals surface area contributed by atoms with Gasteiger partial charge in [-0.05, 0) is 39.6 Å². The highest BCUT2D eigenvalue weighted by atomic mass is 32.1. The Hall–Kier alpha value is -2.11. The Bertz CT molecular complexity index is 859. The molecule has 0 fully saturated rings. The summed E-state index contributed by atoms with van der Waals surface area (Å²) in [6, 6.07) is 10.3. The molecule has 2 heterocycles. The fourth-order valence-electron chi connectivity index (χ4n) is 2.79. The summed E-state index contributed by atoms with van der Waals surface area (Å²) >= 11 is 1.74. The average Bonchev–Trinajstić information content (AvgIpc) is 3.03. The summed E-state index contributed by atoms with van der Waals surface area (Å²) in [5.41, 5.74) is 5.13. The summed E-state index contributed by atoms with van der Waals surface area (Å²) < 4.78 is 1.18. The molecule has 1 aromatic carbocycles. The van der Waals surface area contributed by atoms with Crippen molar-refractivity contribution in [3.8, 4) is 0 Å². The predicted octanol–water partition coefficient (Wildman–Crippen LogP) is 3.84. The van der Waals surface area contributed by atoms with Gasteiger partial charge in [0.2, 0.25) is 0 Å². The zero-order valence-electron chi connectivity index (χ0n) is 14.6. The van der Waals surface area contributed by atoms with E-state index < -0.39 is 0 Å². The second kappa shape index (κ2) is 6.79. The van der Waals surface area contributed by atoms with Crippen molar-refractivity contribution >= 4 is 27.5 Å². The zero-order chi connectivity index (χ0) is 17.3. The molecule has 2 N–H and O–H groups in total. The van der Waals surface area contributed by atoms with E-state index in [1.807, 2.05) is 26.2 Å². The number of aromatic nitrogens is 1. The van der Waals surface area contributed by atoms with Gasteiger partial charge in [-0.15, -0.1) is 11.3 Å². The molecular formula is C19H23N3OS. The third-order valence-corrected chi connectivity index (χ3v) is 5.08. The molecular weight excluding hydrogens is 318 g/mol. The van der Waals surface area contributed by atoms with Gasteiger partial charge in [-0.2, -0.15) is 0 Å². The van der Waals surface area contributed by atoms with Crippen molar-refractivity contribution in [1.29, 1.82) is 0 Å². The lowest BCUT2D eigenvalue weighted by Gasteiger charge is -2.11. The Labute approximate surface area is 146 Å². The standard InChI is InChI=1S/C19H23N3OS/c1-12-5-7-14(8-6-12)10-20-19(23)17-15(11-22(3)4)18-16(21-17)9-13(2)24-18/h5-9,21H,10-11H2,1-4H3,(H,20,23). The van der Waals surface area contributed by atoms with Gasteiger partial charge in [0.25, 0.3) is 5.91 Å². The minimum absolute atomic E-state index is 0.0477. The van der Waals surface area contributed by atoms with E-state index in [1.54, 1.807) is 11.3 Å². The van der Waals surface area contributed by atoms with Crippen molar-refractivity contribution in [3.63, 3.8) is 0 Å². The Morgan fingerprint density at radius 2 is 1.92 bits per heavy atom. The van der Waals surface area contributed by atoms with Gasteiger partial charge in [-0.1, -0.05) is 29.8 Å². The zero-order valence-corrected chi connectivity index (χ0v) is 15.4. The number of nitrogens with one attached hydrogen (secondary N) is 2. The fourth-order valence-corrected chi connectivity index (χ4v) is 3.80. The van der Waals surface area contributed by atoms with E-state index in [0.717, 1.165) is 23.2 Å². The molecule has 0 saturated heterocycles. The number of thiophene rings is 1. The first kappa shape index (κ1) is 16.7. The Kier molecular flexibility index (Phi) is 4.73. The number of aryl methyl sites for hydroxylation is 2. The van der Waals surface area contributed by atoms with Crippen LogP contribution in [0.15, 0.2) is 30.3 Å². The summed E-state index contributed by atoms with van der Waals surface area (Å²) in [5.74, 6) is -0.0477. The van der Waals surface area contributed by atoms with Crippen LogP contribution in [0.25, 0.3) is 10.2 Å². The fraction of sp³-hybridized carbons (Fsp3) is 0.316. The molecule has 0 radical (unpaired) electrons. The van der Waals surface area contributed by atoms with Crippen LogP contribution < -0.4 is 5.32 Å². The van der Waals surface area contributed by atoms with Crippen molar-refractivity contribution in [3.05, 3.63) is 57.6 Å². The Balaban J connectivity index is 1.83. The van der Waals surface area contributed by atoms with Crippen LogP contribution >= 0.6 is 11.3 Å². The molecule has 0 saturated carbocycles. The largest absolute Gasteiger partial charge is 0.350 e. The lowest BCUT2D eigenvalue weighted by atomic mass is 10.1. The van der Waals surface area contributed by atoms with Gasteiger partial charge >= 0.3 is 0 Å². The number of amides is 1. The summed E-state index contributed by atoms with van der Waals surface area (Å²) in [4.78, 5) is 19.3. The van der Waals surface area contributed by atoms with Gasteiger partial charge in [0.05, 0.1) is 10.2 Å². The summed E-state index contributed by atoms with van der Waals surface area (Å²) in [7, 11) is 4.04. The maximum absolute atomic E-state index is 12.7. The first-order valence-electron chi connectivity index (χ1n) is 8.03. The van der Waals surface area contributed by atoms with Crippen LogP contribution in [0.4, 0.5) is 0 Å². The van der Waals surface area contributed by atoms with Crippen molar-refractivity contribution in [2.75, 3.05) is 14.1 Å². The molecule has 1 amide bonds. The predicted molar refractivity (Wildman–Crippen MR) is 101 cm³/mol. The Morgan fingerprint density at radius 3 is 2.58 bits per heavy atom. The molecule has 24 heavy (non-hydrogen) atoms. The SMILES string of the molecule is Cc1ccc(CNC(=O)c2[nH]c3cc(C)sc3c2CN(C)C)cc1. The van der Waals surface area contributed by atoms with Gasteiger partial charge in [-0.25, -0.2) is 0 Å². The monoisotopic (exact) mass is 341 g/mol. The highest BCUT2D eigenvalue weighted by Crippen LogP contribution is 2.31. The van der Waals surface area contributed by atoms with Crippen LogP contribution in [-0.4, -0.2) is 29.9 Å². The molecule has 3 aromatic rings. The molecule has 3 rings (SSSR count). The van der Waals surface area contributed by atoms with Crippen molar-refractivity contribution in [2.24, 2.45) is 0 Å². The second-order valence-electron chi connectivity index (χ2n) is 6.48. The van der Waals surface area contributed by atoms with E-state index in [4.69, 9.17) is 0 Å². The maximum atomic E-state index is 12.7. The van der Waals surface area contributed by atoms with Crippen LogP contribution in [0.5, 0.6) is 0 Å². The minimum Gasteiger partial charge on any atom is -0.350 e. The number of rotatable bonds is 5. The molecule has 5 heteroatoms. The van der Waals surface area contributed by atoms with Crippen LogP contribution in [0.1, 0.15) is 32.1 Å². The lowest BCUT2D eigenvalue weighted by molar-refractivity contribution is 0.0945. The number of nitrogens with zero attached hydrogens (tertiary/aromatic N) is 1. The van der Waals surface area contributed by atoms with Crippen LogP contribution in [-0.2, 0) is 13.1 Å². The summed E-state index contributed by atoms with van der Waals surface area (Å²) in [6.45, 7) is 5.43. The molecule has 0 aliphatic heterocycles. The van der Waals surface area contributed by atoms with E-state index in [1.165, 1.54) is 15.1 Å². The maximum Gasteiger partial charge on any atom is 0.268 e. The first-order chi connectivity index (χ1) is 11.4. The van der Waals surface area contributed by atoms with E-state index in [0.29, 0.717) is 12.2 Å². The molecule has 0 bridgehead atoms. The van der Waals surface area contributed by atoms with E-state index >= 15 is 0 Å². The lowest BCUT2D eigenvalue weighted by Crippen LogP contribution is -2.25. The van der Waals surface area contributed by atoms with Crippen LogP contribution in [0.3, 0.4) is 0 Å². The summed E-state index contributed by atoms with van der Waals surface area (Å²) in [6.07, 6.45) is 0. The normalized spacial score (nSPS) is 11.4. The molecule has 0 unspecified atom stereocenters. The highest BCUT2D eigenvalue weighted by molar-refractivity contribution is 7.19. The third kappa shape index (κ3) is 3.52. The first-order valence-corrected chi connectivity index (χ1v) is 8.85. The quantitative estimate of drug-likeness (QED) is 0.741. The summed E-state index contributed by atoms with van der Waals surface area (Å²) in [5, 5.41) is 3.03. The number of hydrogen-bond donors (Lipinski definition) is 2. The van der Waals surface area contributed by atoms with Gasteiger partial charge in [0.15, 0.2) is 0 Å². The van der Waals surface area contributed by atoms with Crippen LogP contribution in [0.2, 0.25) is 0 Å². The highest BCUT2D eigenvalue weighted by Gasteiger charge is 2.19. The number of fused-ring (bicyclic) bond motifs is 1. The van der Waals surface area contributed by atoms with Gasteiger partial charge in [0, 0.05) is 23.5 Å². The van der Waals surface area contributed by atoms with E-state index in [2.05, 4.69) is 47.2 Å². The Morgan fingerprint density at radius 1 is 1.21 bits per heavy atom. The molecule has 0 atom stereocenters. The van der Waals surface area contributed by atoms with Gasteiger partial charge < -0.3 is 15.2 Å². The van der Waals surface area contributed by atoms with Crippen molar-refractivity contribution in [2.45, 2.75) is 26.9 Å². The number of carbonyl (C=O) groups is 1. The molecule has 126 valence electrons. The molecule has 4 nitrogen and oxygen atoms in total. The smallest absolute Gasteiger partial charge is 0.268 e. The number of hydrogen-bond acceptors (Lipinski definition) is 3. The van der Waals surface area contributed by atoms with Gasteiger partial charge in [-0.3, -0.25) is 4.79 Å². The number of carbonyl (C=O) groups excluding carboxylic acids is 1. The van der Waals surface area contributed by atoms with Crippen LogP contribution in [0, 0.1) is 13.8 Å². The molecule has 2 aromatic heterocycles. The van der Waals surface area contributed by atoms with Crippen molar-refractivity contribution in [1.82, 2.24) is 15.2 Å².